The molecule has 1 heterocycles. The lowest BCUT2D eigenvalue weighted by Gasteiger charge is -2.26. The molecule has 6 heteroatoms. The normalized spacial score (nSPS) is 17.0. The number of carbonyl (C=O) groups is 1. The number of carbonyl (C=O) groups excluding carboxylic acids is 1. The molecule has 3 N–H and O–H groups in total. The second kappa shape index (κ2) is 10.2. The van der Waals surface area contributed by atoms with E-state index in [2.05, 4.69) is 16.4 Å². The number of guanidine groups is 1. The summed E-state index contributed by atoms with van der Waals surface area (Å²) in [5.41, 5.74) is 6.77. The Morgan fingerprint density at radius 3 is 2.78 bits per heavy atom. The number of para-hydroxylation sites is 1. The van der Waals surface area contributed by atoms with E-state index in [1.165, 1.54) is 0 Å². The zero-order chi connectivity index (χ0) is 19.7. The standard InChI is InChI=1S/C21H33N3O3/c1-21(2,3)27-19(25)12-6-4-5-9-14-23-20(22)24-17-13-15-26-18-11-8-7-10-16(17)18/h7-8,10-11,17H,4-6,9,12-15H2,1-3H3,(H3,22,23,24). The molecule has 0 spiro atoms. The molecule has 1 atom stereocenters. The van der Waals surface area contributed by atoms with E-state index < -0.39 is 5.60 Å². The fraction of sp³-hybridized carbons (Fsp3) is 0.619. The van der Waals surface area contributed by atoms with E-state index in [0.717, 1.165) is 43.4 Å². The summed E-state index contributed by atoms with van der Waals surface area (Å²) in [5.74, 6) is 1.27. The average molecular weight is 376 g/mol. The Kier molecular flexibility index (Phi) is 7.95. The summed E-state index contributed by atoms with van der Waals surface area (Å²) in [6.07, 6.45) is 5.19. The summed E-state index contributed by atoms with van der Waals surface area (Å²) in [5, 5.41) is 3.30. The number of aliphatic imine (C=N–C) groups is 1. The number of esters is 1. The number of rotatable bonds is 8. The van der Waals surface area contributed by atoms with Crippen LogP contribution in [0.5, 0.6) is 5.75 Å². The fourth-order valence-electron chi connectivity index (χ4n) is 3.04. The van der Waals surface area contributed by atoms with Crippen LogP contribution in [0, 0.1) is 0 Å². The van der Waals surface area contributed by atoms with Crippen LogP contribution in [0.1, 0.15) is 70.9 Å². The number of benzene rings is 1. The van der Waals surface area contributed by atoms with Crippen molar-refractivity contribution in [2.45, 2.75) is 70.9 Å². The zero-order valence-corrected chi connectivity index (χ0v) is 16.8. The summed E-state index contributed by atoms with van der Waals surface area (Å²) in [6, 6.07) is 8.17. The van der Waals surface area contributed by atoms with Gasteiger partial charge in [0.1, 0.15) is 11.4 Å². The van der Waals surface area contributed by atoms with Crippen molar-refractivity contribution in [2.75, 3.05) is 13.2 Å². The van der Waals surface area contributed by atoms with Gasteiger partial charge in [-0.15, -0.1) is 0 Å². The minimum Gasteiger partial charge on any atom is -0.493 e. The Hall–Kier alpha value is -2.24. The van der Waals surface area contributed by atoms with Gasteiger partial charge in [-0.25, -0.2) is 0 Å². The van der Waals surface area contributed by atoms with Crippen molar-refractivity contribution >= 4 is 11.9 Å². The van der Waals surface area contributed by atoms with Crippen molar-refractivity contribution in [1.82, 2.24) is 5.32 Å². The summed E-state index contributed by atoms with van der Waals surface area (Å²) < 4.78 is 11.0. The number of nitrogens with two attached hydrogens (primary N) is 1. The van der Waals surface area contributed by atoms with Gasteiger partial charge in [0.15, 0.2) is 5.96 Å². The highest BCUT2D eigenvalue weighted by atomic mass is 16.6. The van der Waals surface area contributed by atoms with Crippen LogP contribution in [0.2, 0.25) is 0 Å². The molecule has 0 radical (unpaired) electrons. The molecule has 0 bridgehead atoms. The molecule has 0 saturated heterocycles. The van der Waals surface area contributed by atoms with Gasteiger partial charge < -0.3 is 20.5 Å². The zero-order valence-electron chi connectivity index (χ0n) is 16.8. The Morgan fingerprint density at radius 2 is 2.00 bits per heavy atom. The SMILES string of the molecule is CC(C)(C)OC(=O)CCCCCCN=C(N)NC1CCOc2ccccc21. The van der Waals surface area contributed by atoms with Gasteiger partial charge in [0.05, 0.1) is 12.6 Å². The molecule has 27 heavy (non-hydrogen) atoms. The lowest BCUT2D eigenvalue weighted by Crippen LogP contribution is -2.37. The van der Waals surface area contributed by atoms with E-state index in [1.807, 2.05) is 39.0 Å². The Morgan fingerprint density at radius 1 is 1.26 bits per heavy atom. The van der Waals surface area contributed by atoms with Gasteiger partial charge in [0, 0.05) is 24.9 Å². The number of fused-ring (bicyclic) bond motifs is 1. The molecule has 0 fully saturated rings. The molecule has 0 aromatic heterocycles. The van der Waals surface area contributed by atoms with Crippen LogP contribution in [-0.2, 0) is 9.53 Å². The molecule has 1 unspecified atom stereocenters. The van der Waals surface area contributed by atoms with Crippen molar-refractivity contribution < 1.29 is 14.3 Å². The average Bonchev–Trinajstić information content (AvgIpc) is 2.59. The Labute approximate surface area is 162 Å². The van der Waals surface area contributed by atoms with E-state index >= 15 is 0 Å². The van der Waals surface area contributed by atoms with Gasteiger partial charge in [0.25, 0.3) is 0 Å². The van der Waals surface area contributed by atoms with Gasteiger partial charge in [-0.1, -0.05) is 31.0 Å². The third-order valence-electron chi connectivity index (χ3n) is 4.27. The molecule has 0 amide bonds. The largest absolute Gasteiger partial charge is 0.493 e. The van der Waals surface area contributed by atoms with Crippen LogP contribution in [-0.4, -0.2) is 30.7 Å². The highest BCUT2D eigenvalue weighted by Crippen LogP contribution is 2.31. The summed E-state index contributed by atoms with van der Waals surface area (Å²) >= 11 is 0. The molecule has 0 saturated carbocycles. The lowest BCUT2D eigenvalue weighted by molar-refractivity contribution is -0.154. The van der Waals surface area contributed by atoms with E-state index in [9.17, 15) is 4.79 Å². The molecular formula is C21H33N3O3. The first-order chi connectivity index (χ1) is 12.8. The first-order valence-corrected chi connectivity index (χ1v) is 9.85. The number of hydrogen-bond acceptors (Lipinski definition) is 4. The quantitative estimate of drug-likeness (QED) is 0.313. The third kappa shape index (κ3) is 7.89. The fourth-order valence-corrected chi connectivity index (χ4v) is 3.04. The number of unbranched alkanes of at least 4 members (excludes halogenated alkanes) is 3. The lowest BCUT2D eigenvalue weighted by atomic mass is 10.0. The van der Waals surface area contributed by atoms with E-state index in [0.29, 0.717) is 25.5 Å². The van der Waals surface area contributed by atoms with Crippen molar-refractivity contribution in [3.05, 3.63) is 29.8 Å². The topological polar surface area (TPSA) is 85.9 Å². The van der Waals surface area contributed by atoms with Gasteiger partial charge in [-0.05, 0) is 39.7 Å². The minimum atomic E-state index is -0.401. The maximum atomic E-state index is 11.6. The van der Waals surface area contributed by atoms with Crippen molar-refractivity contribution in [1.29, 1.82) is 0 Å². The van der Waals surface area contributed by atoms with Crippen molar-refractivity contribution in [3.8, 4) is 5.75 Å². The Balaban J connectivity index is 1.61. The maximum absolute atomic E-state index is 11.6. The van der Waals surface area contributed by atoms with Gasteiger partial charge in [-0.3, -0.25) is 9.79 Å². The molecule has 150 valence electrons. The molecule has 1 aliphatic rings. The molecule has 6 nitrogen and oxygen atoms in total. The predicted octanol–water partition coefficient (Wildman–Crippen LogP) is 3.71. The number of nitrogens with zero attached hydrogens (tertiary/aromatic N) is 1. The van der Waals surface area contributed by atoms with Gasteiger partial charge in [0.2, 0.25) is 0 Å². The molecular weight excluding hydrogens is 342 g/mol. The summed E-state index contributed by atoms with van der Waals surface area (Å²) in [4.78, 5) is 16.1. The monoisotopic (exact) mass is 375 g/mol. The number of nitrogens with one attached hydrogen (secondary N) is 1. The highest BCUT2D eigenvalue weighted by molar-refractivity contribution is 5.78. The van der Waals surface area contributed by atoms with Crippen LogP contribution in [0.3, 0.4) is 0 Å². The molecule has 2 rings (SSSR count). The van der Waals surface area contributed by atoms with Gasteiger partial charge in [-0.2, -0.15) is 0 Å². The minimum absolute atomic E-state index is 0.120. The molecule has 1 aliphatic heterocycles. The van der Waals surface area contributed by atoms with Crippen molar-refractivity contribution in [2.24, 2.45) is 10.7 Å². The number of ether oxygens (including phenoxy) is 2. The predicted molar refractivity (Wildman–Crippen MR) is 108 cm³/mol. The molecule has 1 aromatic rings. The third-order valence-corrected chi connectivity index (χ3v) is 4.27. The van der Waals surface area contributed by atoms with E-state index in [-0.39, 0.29) is 12.0 Å². The highest BCUT2D eigenvalue weighted by Gasteiger charge is 2.21. The molecule has 0 aliphatic carbocycles. The first kappa shape index (κ1) is 21.1. The second-order valence-corrected chi connectivity index (χ2v) is 7.89. The first-order valence-electron chi connectivity index (χ1n) is 9.85. The van der Waals surface area contributed by atoms with Crippen molar-refractivity contribution in [3.63, 3.8) is 0 Å². The Bertz CT molecular complexity index is 638. The summed E-state index contributed by atoms with van der Waals surface area (Å²) in [6.45, 7) is 7.04. The smallest absolute Gasteiger partial charge is 0.306 e. The van der Waals surface area contributed by atoms with Crippen LogP contribution in [0.4, 0.5) is 0 Å². The van der Waals surface area contributed by atoms with E-state index in [1.54, 1.807) is 0 Å². The van der Waals surface area contributed by atoms with Crippen LogP contribution < -0.4 is 15.8 Å². The molecule has 1 aromatic carbocycles. The summed E-state index contributed by atoms with van der Waals surface area (Å²) in [7, 11) is 0. The van der Waals surface area contributed by atoms with E-state index in [4.69, 9.17) is 15.2 Å². The number of hydrogen-bond donors (Lipinski definition) is 2. The van der Waals surface area contributed by atoms with Crippen LogP contribution >= 0.6 is 0 Å². The second-order valence-electron chi connectivity index (χ2n) is 7.89. The van der Waals surface area contributed by atoms with Crippen LogP contribution in [0.15, 0.2) is 29.3 Å². The maximum Gasteiger partial charge on any atom is 0.306 e. The van der Waals surface area contributed by atoms with Gasteiger partial charge >= 0.3 is 5.97 Å². The van der Waals surface area contributed by atoms with Crippen LogP contribution in [0.25, 0.3) is 0 Å².